The van der Waals surface area contributed by atoms with Gasteiger partial charge in [0, 0.05) is 26.5 Å². The molecule has 0 aliphatic heterocycles. The van der Waals surface area contributed by atoms with Crippen molar-refractivity contribution in [2.75, 3.05) is 14.1 Å². The van der Waals surface area contributed by atoms with Gasteiger partial charge in [0.15, 0.2) is 0 Å². The number of aromatic nitrogens is 2. The highest BCUT2D eigenvalue weighted by Gasteiger charge is 2.05. The van der Waals surface area contributed by atoms with Crippen molar-refractivity contribution in [2.45, 2.75) is 4.90 Å². The van der Waals surface area contributed by atoms with E-state index < -0.39 is 0 Å². The zero-order chi connectivity index (χ0) is 8.97. The van der Waals surface area contributed by atoms with Crippen LogP contribution in [0.4, 0.5) is 4.79 Å². The van der Waals surface area contributed by atoms with Crippen molar-refractivity contribution in [3.63, 3.8) is 0 Å². The summed E-state index contributed by atoms with van der Waals surface area (Å²) in [7, 11) is 3.41. The van der Waals surface area contributed by atoms with Crippen LogP contribution >= 0.6 is 11.8 Å². The average molecular weight is 183 g/mol. The van der Waals surface area contributed by atoms with Crippen molar-refractivity contribution in [3.05, 3.63) is 18.7 Å². The highest BCUT2D eigenvalue weighted by atomic mass is 32.2. The lowest BCUT2D eigenvalue weighted by Gasteiger charge is -2.07. The molecule has 0 aromatic carbocycles. The van der Waals surface area contributed by atoms with Gasteiger partial charge in [-0.05, 0) is 11.8 Å². The molecular weight excluding hydrogens is 174 g/mol. The fourth-order valence-corrected chi connectivity index (χ4v) is 1.14. The second kappa shape index (κ2) is 4.06. The van der Waals surface area contributed by atoms with Gasteiger partial charge in [-0.1, -0.05) is 0 Å². The molecule has 1 heterocycles. The van der Waals surface area contributed by atoms with E-state index in [1.54, 1.807) is 26.5 Å². The molecule has 0 atom stereocenters. The van der Waals surface area contributed by atoms with Gasteiger partial charge in [0.25, 0.3) is 5.24 Å². The number of thioether (sulfide) groups is 1. The van der Waals surface area contributed by atoms with Crippen LogP contribution < -0.4 is 0 Å². The normalized spacial score (nSPS) is 9.50. The van der Waals surface area contributed by atoms with Crippen LogP contribution in [0, 0.1) is 0 Å². The van der Waals surface area contributed by atoms with Crippen LogP contribution in [-0.4, -0.2) is 34.2 Å². The van der Waals surface area contributed by atoms with Crippen molar-refractivity contribution >= 4 is 17.0 Å². The predicted molar refractivity (Wildman–Crippen MR) is 47.0 cm³/mol. The van der Waals surface area contributed by atoms with Crippen molar-refractivity contribution < 1.29 is 4.79 Å². The number of hydrogen-bond donors (Lipinski definition) is 0. The Balaban J connectivity index is 2.59. The van der Waals surface area contributed by atoms with E-state index in [1.165, 1.54) is 11.2 Å². The summed E-state index contributed by atoms with van der Waals surface area (Å²) >= 11 is 1.11. The van der Waals surface area contributed by atoms with Crippen LogP contribution in [0.3, 0.4) is 0 Å². The van der Waals surface area contributed by atoms with E-state index >= 15 is 0 Å². The fraction of sp³-hybridized carbons (Fsp3) is 0.286. The minimum Gasteiger partial charge on any atom is -0.339 e. The number of nitrogens with zero attached hydrogens (tertiary/aromatic N) is 3. The summed E-state index contributed by atoms with van der Waals surface area (Å²) in [5.74, 6) is 0. The molecule has 0 fully saturated rings. The van der Waals surface area contributed by atoms with Gasteiger partial charge in [0.05, 0.1) is 4.90 Å². The SMILES string of the molecule is CN(C)C(=O)Sc1cncnc1. The highest BCUT2D eigenvalue weighted by Crippen LogP contribution is 2.17. The first kappa shape index (κ1) is 8.99. The Morgan fingerprint density at radius 2 is 2.00 bits per heavy atom. The lowest BCUT2D eigenvalue weighted by Crippen LogP contribution is -2.16. The van der Waals surface area contributed by atoms with E-state index in [-0.39, 0.29) is 5.24 Å². The Labute approximate surface area is 75.0 Å². The third-order valence-corrected chi connectivity index (χ3v) is 2.09. The van der Waals surface area contributed by atoms with Crippen molar-refractivity contribution in [1.29, 1.82) is 0 Å². The van der Waals surface area contributed by atoms with Crippen LogP contribution in [-0.2, 0) is 0 Å². The summed E-state index contributed by atoms with van der Waals surface area (Å²) in [6, 6.07) is 0. The van der Waals surface area contributed by atoms with Gasteiger partial charge in [0.2, 0.25) is 0 Å². The molecule has 4 nitrogen and oxygen atoms in total. The quantitative estimate of drug-likeness (QED) is 0.615. The second-order valence-corrected chi connectivity index (χ2v) is 3.36. The monoisotopic (exact) mass is 183 g/mol. The molecule has 0 aliphatic carbocycles. The second-order valence-electron chi connectivity index (χ2n) is 2.34. The number of carbonyl (C=O) groups excluding carboxylic acids is 1. The third-order valence-electron chi connectivity index (χ3n) is 1.11. The molecule has 12 heavy (non-hydrogen) atoms. The molecule has 0 bridgehead atoms. The first-order chi connectivity index (χ1) is 5.70. The Morgan fingerprint density at radius 1 is 1.42 bits per heavy atom. The van der Waals surface area contributed by atoms with Crippen molar-refractivity contribution in [1.82, 2.24) is 14.9 Å². The lowest BCUT2D eigenvalue weighted by atomic mass is 10.7. The molecule has 0 saturated carbocycles. The molecule has 0 saturated heterocycles. The van der Waals surface area contributed by atoms with Gasteiger partial charge in [0.1, 0.15) is 6.33 Å². The third kappa shape index (κ3) is 2.50. The summed E-state index contributed by atoms with van der Waals surface area (Å²) in [6.45, 7) is 0. The maximum absolute atomic E-state index is 11.1. The van der Waals surface area contributed by atoms with Crippen LogP contribution in [0.1, 0.15) is 0 Å². The summed E-state index contributed by atoms with van der Waals surface area (Å²) in [4.78, 5) is 21.0. The van der Waals surface area contributed by atoms with E-state index in [1.807, 2.05) is 0 Å². The Hall–Kier alpha value is -1.10. The largest absolute Gasteiger partial charge is 0.339 e. The summed E-state index contributed by atoms with van der Waals surface area (Å²) in [6.07, 6.45) is 4.66. The standard InChI is InChI=1S/C7H9N3OS/c1-10(2)7(11)12-6-3-8-5-9-4-6/h3-5H,1-2H3. The molecule has 0 radical (unpaired) electrons. The van der Waals surface area contributed by atoms with Crippen LogP contribution in [0.5, 0.6) is 0 Å². The molecule has 64 valence electrons. The number of hydrogen-bond acceptors (Lipinski definition) is 4. The number of rotatable bonds is 1. The van der Waals surface area contributed by atoms with Crippen LogP contribution in [0.25, 0.3) is 0 Å². The molecule has 0 spiro atoms. The van der Waals surface area contributed by atoms with Gasteiger partial charge >= 0.3 is 0 Å². The van der Waals surface area contributed by atoms with E-state index in [0.29, 0.717) is 0 Å². The van der Waals surface area contributed by atoms with E-state index in [9.17, 15) is 4.79 Å². The summed E-state index contributed by atoms with van der Waals surface area (Å²) < 4.78 is 0. The van der Waals surface area contributed by atoms with E-state index in [2.05, 4.69) is 9.97 Å². The molecule has 1 amide bonds. The minimum absolute atomic E-state index is 0.0233. The van der Waals surface area contributed by atoms with E-state index in [0.717, 1.165) is 16.7 Å². The fourth-order valence-electron chi connectivity index (χ4n) is 0.530. The average Bonchev–Trinajstić information content (AvgIpc) is 2.06. The maximum atomic E-state index is 11.1. The van der Waals surface area contributed by atoms with Gasteiger partial charge in [-0.25, -0.2) is 9.97 Å². The lowest BCUT2D eigenvalue weighted by molar-refractivity contribution is 0.241. The molecule has 0 N–H and O–H groups in total. The molecule has 5 heteroatoms. The van der Waals surface area contributed by atoms with Gasteiger partial charge < -0.3 is 4.90 Å². The predicted octanol–water partition coefficient (Wildman–Crippen LogP) is 1.25. The van der Waals surface area contributed by atoms with Gasteiger partial charge in [-0.2, -0.15) is 0 Å². The molecule has 0 aliphatic rings. The molecule has 1 aromatic rings. The molecule has 1 aromatic heterocycles. The Bertz CT molecular complexity index is 263. The zero-order valence-corrected chi connectivity index (χ0v) is 7.71. The van der Waals surface area contributed by atoms with E-state index in [4.69, 9.17) is 0 Å². The van der Waals surface area contributed by atoms with Crippen LogP contribution in [0.15, 0.2) is 23.6 Å². The summed E-state index contributed by atoms with van der Waals surface area (Å²) in [5, 5.41) is -0.0233. The van der Waals surface area contributed by atoms with Gasteiger partial charge in [-0.3, -0.25) is 4.79 Å². The molecule has 0 unspecified atom stereocenters. The summed E-state index contributed by atoms with van der Waals surface area (Å²) in [5.41, 5.74) is 0. The maximum Gasteiger partial charge on any atom is 0.286 e. The van der Waals surface area contributed by atoms with Crippen LogP contribution in [0.2, 0.25) is 0 Å². The zero-order valence-electron chi connectivity index (χ0n) is 6.89. The van der Waals surface area contributed by atoms with Crippen molar-refractivity contribution in [3.8, 4) is 0 Å². The minimum atomic E-state index is -0.0233. The first-order valence-electron chi connectivity index (χ1n) is 3.34. The number of amides is 1. The van der Waals surface area contributed by atoms with Gasteiger partial charge in [-0.15, -0.1) is 0 Å². The Kier molecular flexibility index (Phi) is 3.04. The first-order valence-corrected chi connectivity index (χ1v) is 4.16. The van der Waals surface area contributed by atoms with Crippen molar-refractivity contribution in [2.24, 2.45) is 0 Å². The smallest absolute Gasteiger partial charge is 0.286 e. The molecule has 1 rings (SSSR count). The number of carbonyl (C=O) groups is 1. The topological polar surface area (TPSA) is 46.1 Å². The highest BCUT2D eigenvalue weighted by molar-refractivity contribution is 8.13. The Morgan fingerprint density at radius 3 is 2.50 bits per heavy atom. The molecular formula is C7H9N3OS.